The first-order chi connectivity index (χ1) is 7.27. The molecule has 0 aromatic rings. The first-order valence-electron chi connectivity index (χ1n) is 6.38. The van der Waals surface area contributed by atoms with E-state index in [0.717, 1.165) is 19.1 Å². The van der Waals surface area contributed by atoms with Crippen LogP contribution < -0.4 is 5.32 Å². The lowest BCUT2D eigenvalue weighted by Crippen LogP contribution is -2.53. The summed E-state index contributed by atoms with van der Waals surface area (Å²) in [5, 5.41) is 4.43. The minimum absolute atomic E-state index is 0.716. The third kappa shape index (κ3) is 2.92. The zero-order chi connectivity index (χ0) is 10.7. The van der Waals surface area contributed by atoms with Gasteiger partial charge in [-0.2, -0.15) is 0 Å². The Morgan fingerprint density at radius 1 is 1.00 bits per heavy atom. The van der Waals surface area contributed by atoms with E-state index in [0.29, 0.717) is 6.04 Å². The lowest BCUT2D eigenvalue weighted by molar-refractivity contribution is 0.0665. The van der Waals surface area contributed by atoms with Crippen LogP contribution in [-0.2, 0) is 0 Å². The maximum absolute atomic E-state index is 4.43. The number of rotatable bonds is 2. The van der Waals surface area contributed by atoms with E-state index < -0.39 is 0 Å². The fraction of sp³-hybridized carbons (Fsp3) is 1.00. The summed E-state index contributed by atoms with van der Waals surface area (Å²) in [6.07, 6.45) is 2.59. The Morgan fingerprint density at radius 2 is 1.60 bits per heavy atom. The van der Waals surface area contributed by atoms with Crippen LogP contribution in [0.1, 0.15) is 26.7 Å². The summed E-state index contributed by atoms with van der Waals surface area (Å²) in [6, 6.07) is 1.55. The topological polar surface area (TPSA) is 20.6 Å². The van der Waals surface area contributed by atoms with Crippen molar-refractivity contribution in [1.82, 2.24) is 15.1 Å². The molecule has 0 bridgehead atoms. The van der Waals surface area contributed by atoms with Crippen molar-refractivity contribution in [3.05, 3.63) is 0 Å². The van der Waals surface area contributed by atoms with E-state index >= 15 is 0 Å². The number of hydrogen-bond donors (Lipinski definition) is 0. The Labute approximate surface area is 93.8 Å². The van der Waals surface area contributed by atoms with Crippen LogP contribution in [0.25, 0.3) is 0 Å². The molecule has 0 spiro atoms. The summed E-state index contributed by atoms with van der Waals surface area (Å²) >= 11 is 0. The van der Waals surface area contributed by atoms with Crippen molar-refractivity contribution in [2.45, 2.75) is 38.8 Å². The lowest BCUT2D eigenvalue weighted by atomic mass is 10.0. The predicted molar refractivity (Wildman–Crippen MR) is 63.2 cm³/mol. The zero-order valence-electron chi connectivity index (χ0n) is 10.2. The standard InChI is InChI=1S/C12H24N3/c1-11(2)14-7-9-15(10-8-14)12-3-5-13-6-4-12/h11-12H,3-10H2,1-2H3. The Hall–Kier alpha value is -0.120. The predicted octanol–water partition coefficient (Wildman–Crippen LogP) is 0.779. The summed E-state index contributed by atoms with van der Waals surface area (Å²) in [5.74, 6) is 0. The van der Waals surface area contributed by atoms with Crippen LogP contribution in [0.15, 0.2) is 0 Å². The van der Waals surface area contributed by atoms with E-state index in [-0.39, 0.29) is 0 Å². The van der Waals surface area contributed by atoms with Gasteiger partial charge in [-0.15, -0.1) is 0 Å². The molecule has 0 N–H and O–H groups in total. The van der Waals surface area contributed by atoms with Gasteiger partial charge in [-0.3, -0.25) is 9.80 Å². The Bertz CT molecular complexity index is 179. The van der Waals surface area contributed by atoms with Crippen LogP contribution in [0, 0.1) is 0 Å². The molecule has 87 valence electrons. The normalized spacial score (nSPS) is 27.4. The summed E-state index contributed by atoms with van der Waals surface area (Å²) in [7, 11) is 0. The summed E-state index contributed by atoms with van der Waals surface area (Å²) in [6.45, 7) is 11.8. The van der Waals surface area contributed by atoms with E-state index in [1.165, 1.54) is 39.0 Å². The monoisotopic (exact) mass is 210 g/mol. The third-order valence-corrected chi connectivity index (χ3v) is 3.84. The van der Waals surface area contributed by atoms with Gasteiger partial charge in [0.25, 0.3) is 0 Å². The second kappa shape index (κ2) is 5.28. The highest BCUT2D eigenvalue weighted by molar-refractivity contribution is 4.82. The van der Waals surface area contributed by atoms with Crippen LogP contribution in [0.2, 0.25) is 0 Å². The van der Waals surface area contributed by atoms with Crippen LogP contribution in [0.5, 0.6) is 0 Å². The van der Waals surface area contributed by atoms with Gasteiger partial charge in [-0.1, -0.05) is 0 Å². The minimum Gasteiger partial charge on any atom is -0.298 e. The average molecular weight is 210 g/mol. The van der Waals surface area contributed by atoms with Crippen molar-refractivity contribution < 1.29 is 0 Å². The Kier molecular flexibility index (Phi) is 4.00. The first-order valence-corrected chi connectivity index (χ1v) is 6.38. The van der Waals surface area contributed by atoms with Crippen molar-refractivity contribution >= 4 is 0 Å². The summed E-state index contributed by atoms with van der Waals surface area (Å²) in [4.78, 5) is 5.28. The third-order valence-electron chi connectivity index (χ3n) is 3.84. The molecular weight excluding hydrogens is 186 g/mol. The molecule has 0 aliphatic carbocycles. The fourth-order valence-electron chi connectivity index (χ4n) is 2.72. The molecule has 2 rings (SSSR count). The fourth-order valence-corrected chi connectivity index (χ4v) is 2.72. The zero-order valence-corrected chi connectivity index (χ0v) is 10.2. The lowest BCUT2D eigenvalue weighted by Gasteiger charge is -2.41. The number of piperazine rings is 1. The summed E-state index contributed by atoms with van der Waals surface area (Å²) < 4.78 is 0. The molecular formula is C12H24N3. The first kappa shape index (κ1) is 11.4. The Balaban J connectivity index is 1.77. The van der Waals surface area contributed by atoms with Gasteiger partial charge < -0.3 is 0 Å². The van der Waals surface area contributed by atoms with Crippen LogP contribution in [0.4, 0.5) is 0 Å². The minimum atomic E-state index is 0.716. The highest BCUT2D eigenvalue weighted by atomic mass is 15.3. The number of piperidine rings is 1. The van der Waals surface area contributed by atoms with E-state index in [1.54, 1.807) is 0 Å². The smallest absolute Gasteiger partial charge is 0.0148 e. The molecule has 3 heteroatoms. The van der Waals surface area contributed by atoms with Crippen LogP contribution in [0.3, 0.4) is 0 Å². The molecule has 15 heavy (non-hydrogen) atoms. The molecule has 0 amide bonds. The van der Waals surface area contributed by atoms with Gasteiger partial charge in [0.05, 0.1) is 0 Å². The van der Waals surface area contributed by atoms with Gasteiger partial charge in [-0.25, -0.2) is 5.32 Å². The molecule has 3 nitrogen and oxygen atoms in total. The molecule has 0 aromatic heterocycles. The summed E-state index contributed by atoms with van der Waals surface area (Å²) in [5.41, 5.74) is 0. The molecule has 2 aliphatic rings. The number of nitrogens with zero attached hydrogens (tertiary/aromatic N) is 3. The molecule has 0 aromatic carbocycles. The van der Waals surface area contributed by atoms with Crippen molar-refractivity contribution in [2.24, 2.45) is 0 Å². The molecule has 2 fully saturated rings. The highest BCUT2D eigenvalue weighted by Crippen LogP contribution is 2.15. The van der Waals surface area contributed by atoms with Gasteiger partial charge in [0.15, 0.2) is 0 Å². The molecule has 2 aliphatic heterocycles. The quantitative estimate of drug-likeness (QED) is 0.671. The van der Waals surface area contributed by atoms with Gasteiger partial charge in [0.1, 0.15) is 0 Å². The van der Waals surface area contributed by atoms with Crippen LogP contribution in [-0.4, -0.2) is 61.2 Å². The van der Waals surface area contributed by atoms with Gasteiger partial charge >= 0.3 is 0 Å². The van der Waals surface area contributed by atoms with Gasteiger partial charge in [0.2, 0.25) is 0 Å². The molecule has 0 unspecified atom stereocenters. The van der Waals surface area contributed by atoms with E-state index in [1.807, 2.05) is 0 Å². The molecule has 0 saturated carbocycles. The van der Waals surface area contributed by atoms with Crippen molar-refractivity contribution in [2.75, 3.05) is 39.3 Å². The van der Waals surface area contributed by atoms with Crippen molar-refractivity contribution in [3.63, 3.8) is 0 Å². The second-order valence-corrected chi connectivity index (χ2v) is 5.07. The molecule has 1 radical (unpaired) electrons. The van der Waals surface area contributed by atoms with E-state index in [4.69, 9.17) is 0 Å². The SMILES string of the molecule is CC(C)N1CCN(C2CC[N]CC2)CC1. The largest absolute Gasteiger partial charge is 0.298 e. The van der Waals surface area contributed by atoms with Crippen LogP contribution >= 0.6 is 0 Å². The highest BCUT2D eigenvalue weighted by Gasteiger charge is 2.25. The maximum Gasteiger partial charge on any atom is 0.0148 e. The molecule has 2 heterocycles. The van der Waals surface area contributed by atoms with Gasteiger partial charge in [0, 0.05) is 51.4 Å². The van der Waals surface area contributed by atoms with Crippen molar-refractivity contribution in [1.29, 1.82) is 0 Å². The average Bonchev–Trinajstić information content (AvgIpc) is 2.30. The number of hydrogen-bond acceptors (Lipinski definition) is 2. The van der Waals surface area contributed by atoms with Gasteiger partial charge in [-0.05, 0) is 26.7 Å². The Morgan fingerprint density at radius 3 is 2.13 bits per heavy atom. The van der Waals surface area contributed by atoms with E-state index in [9.17, 15) is 0 Å². The molecule has 0 atom stereocenters. The van der Waals surface area contributed by atoms with Crippen molar-refractivity contribution in [3.8, 4) is 0 Å². The second-order valence-electron chi connectivity index (χ2n) is 5.07. The maximum atomic E-state index is 4.43. The van der Waals surface area contributed by atoms with E-state index in [2.05, 4.69) is 29.0 Å². The molecule has 2 saturated heterocycles.